The molecule has 1 atom stereocenters. The van der Waals surface area contributed by atoms with E-state index in [1.165, 1.54) is 70.6 Å². The van der Waals surface area contributed by atoms with Crippen LogP contribution in [0.5, 0.6) is 0 Å². The second-order valence-corrected chi connectivity index (χ2v) is 8.23. The Balaban J connectivity index is 0. The molecule has 0 heterocycles. The molecule has 0 unspecified atom stereocenters. The molecule has 0 saturated heterocycles. The number of aldehydes is 1. The van der Waals surface area contributed by atoms with Crippen molar-refractivity contribution in [3.05, 3.63) is 0 Å². The topological polar surface area (TPSA) is 83.5 Å². The molecule has 0 bridgehead atoms. The molecular formula is C25H49NO4. The lowest BCUT2D eigenvalue weighted by Crippen LogP contribution is -2.40. The number of carboxylic acids is 1. The van der Waals surface area contributed by atoms with E-state index in [4.69, 9.17) is 5.11 Å². The average molecular weight is 428 g/mol. The summed E-state index contributed by atoms with van der Waals surface area (Å²) in [4.78, 5) is 32.7. The number of nitrogens with one attached hydrogen (secondary N) is 1. The summed E-state index contributed by atoms with van der Waals surface area (Å²) in [5.74, 6) is -1.10. The number of hydrogen-bond acceptors (Lipinski definition) is 3. The van der Waals surface area contributed by atoms with E-state index in [9.17, 15) is 14.4 Å². The molecular weight excluding hydrogens is 378 g/mol. The van der Waals surface area contributed by atoms with Crippen molar-refractivity contribution in [2.75, 3.05) is 0 Å². The van der Waals surface area contributed by atoms with Crippen LogP contribution < -0.4 is 5.32 Å². The van der Waals surface area contributed by atoms with Crippen LogP contribution >= 0.6 is 0 Å². The summed E-state index contributed by atoms with van der Waals surface area (Å²) in [5, 5.41) is 11.5. The molecule has 0 aliphatic carbocycles. The Bertz CT molecular complexity index is 399. The molecule has 0 aromatic carbocycles. The number of rotatable bonds is 20. The number of carbonyl (C=O) groups excluding carboxylic acids is 2. The summed E-state index contributed by atoms with van der Waals surface area (Å²) in [6, 6.07) is -0.750. The van der Waals surface area contributed by atoms with Gasteiger partial charge in [-0.2, -0.15) is 0 Å². The molecule has 0 aliphatic rings. The lowest BCUT2D eigenvalue weighted by atomic mass is 10.0. The number of unbranched alkanes of at least 4 members (excludes halogenated alkanes) is 14. The van der Waals surface area contributed by atoms with Crippen molar-refractivity contribution in [2.24, 2.45) is 0 Å². The molecule has 0 radical (unpaired) electrons. The Kier molecular flexibility index (Phi) is 26.3. The first-order chi connectivity index (χ1) is 14.5. The van der Waals surface area contributed by atoms with Crippen LogP contribution in [-0.2, 0) is 14.4 Å². The van der Waals surface area contributed by atoms with Gasteiger partial charge < -0.3 is 15.2 Å². The van der Waals surface area contributed by atoms with Crippen molar-refractivity contribution in [3.63, 3.8) is 0 Å². The van der Waals surface area contributed by atoms with E-state index >= 15 is 0 Å². The number of aliphatic carboxylic acids is 1. The van der Waals surface area contributed by atoms with Gasteiger partial charge in [0.15, 0.2) is 0 Å². The van der Waals surface area contributed by atoms with Gasteiger partial charge in [0, 0.05) is 12.8 Å². The largest absolute Gasteiger partial charge is 0.480 e. The molecule has 5 nitrogen and oxygen atoms in total. The molecule has 5 heteroatoms. The molecule has 0 fully saturated rings. The minimum absolute atomic E-state index is 0.145. The third-order valence-electron chi connectivity index (χ3n) is 5.02. The Morgan fingerprint density at radius 3 is 1.43 bits per heavy atom. The SMILES string of the molecule is CCC.CC[C@H](NC(=O)CCCCCCCCCCCCCCCCC=O)C(=O)O. The van der Waals surface area contributed by atoms with Crippen molar-refractivity contribution >= 4 is 18.2 Å². The summed E-state index contributed by atoms with van der Waals surface area (Å²) >= 11 is 0. The van der Waals surface area contributed by atoms with Crippen LogP contribution in [0.3, 0.4) is 0 Å². The normalized spacial score (nSPS) is 11.3. The zero-order valence-electron chi connectivity index (χ0n) is 20.1. The molecule has 0 aromatic rings. The zero-order chi connectivity index (χ0) is 22.9. The second-order valence-electron chi connectivity index (χ2n) is 8.23. The van der Waals surface area contributed by atoms with Gasteiger partial charge in [-0.25, -0.2) is 4.79 Å². The lowest BCUT2D eigenvalue weighted by Gasteiger charge is -2.11. The van der Waals surface area contributed by atoms with Gasteiger partial charge in [-0.15, -0.1) is 0 Å². The van der Waals surface area contributed by atoms with Gasteiger partial charge in [0.2, 0.25) is 5.91 Å². The van der Waals surface area contributed by atoms with E-state index in [1.807, 2.05) is 0 Å². The maximum Gasteiger partial charge on any atom is 0.326 e. The fourth-order valence-corrected chi connectivity index (χ4v) is 3.24. The summed E-state index contributed by atoms with van der Waals surface area (Å²) in [6.07, 6.45) is 20.8. The van der Waals surface area contributed by atoms with Crippen LogP contribution in [0.1, 0.15) is 136 Å². The van der Waals surface area contributed by atoms with E-state index < -0.39 is 12.0 Å². The second kappa shape index (κ2) is 25.6. The van der Waals surface area contributed by atoms with E-state index in [0.717, 1.165) is 38.4 Å². The number of hydrogen-bond donors (Lipinski definition) is 2. The molecule has 178 valence electrons. The van der Waals surface area contributed by atoms with Crippen molar-refractivity contribution in [2.45, 2.75) is 142 Å². The van der Waals surface area contributed by atoms with Gasteiger partial charge in [-0.3, -0.25) is 4.79 Å². The zero-order valence-corrected chi connectivity index (χ0v) is 20.1. The highest BCUT2D eigenvalue weighted by Crippen LogP contribution is 2.13. The predicted octanol–water partition coefficient (Wildman–Crippen LogP) is 6.82. The Labute approximate surface area is 185 Å². The molecule has 0 spiro atoms. The van der Waals surface area contributed by atoms with E-state index in [1.54, 1.807) is 6.92 Å². The fourth-order valence-electron chi connectivity index (χ4n) is 3.24. The molecule has 0 rings (SSSR count). The molecule has 0 saturated carbocycles. The fraction of sp³-hybridized carbons (Fsp3) is 0.880. The maximum atomic E-state index is 11.7. The van der Waals surface area contributed by atoms with Gasteiger partial charge in [-0.1, -0.05) is 104 Å². The summed E-state index contributed by atoms with van der Waals surface area (Å²) in [5.41, 5.74) is 0. The van der Waals surface area contributed by atoms with Gasteiger partial charge in [-0.05, 0) is 19.3 Å². The van der Waals surface area contributed by atoms with Crippen LogP contribution in [0.4, 0.5) is 0 Å². The molecule has 0 aromatic heterocycles. The first kappa shape index (κ1) is 30.8. The van der Waals surface area contributed by atoms with Crippen LogP contribution in [0.25, 0.3) is 0 Å². The van der Waals surface area contributed by atoms with Gasteiger partial charge >= 0.3 is 5.97 Å². The minimum atomic E-state index is -0.958. The van der Waals surface area contributed by atoms with Crippen LogP contribution in [0.2, 0.25) is 0 Å². The standard InChI is InChI=1S/C22H41NO4.C3H8/c1-2-20(22(26)27)23-21(25)18-16-14-12-10-8-6-4-3-5-7-9-11-13-15-17-19-24;1-3-2/h19-20H,2-18H2,1H3,(H,23,25)(H,26,27);3H2,1-2H3/t20-;/m0./s1. The smallest absolute Gasteiger partial charge is 0.326 e. The third-order valence-corrected chi connectivity index (χ3v) is 5.02. The Hall–Kier alpha value is -1.39. The molecule has 2 N–H and O–H groups in total. The van der Waals surface area contributed by atoms with E-state index in [-0.39, 0.29) is 5.91 Å². The average Bonchev–Trinajstić information content (AvgIpc) is 2.72. The highest BCUT2D eigenvalue weighted by atomic mass is 16.4. The van der Waals surface area contributed by atoms with Gasteiger partial charge in [0.1, 0.15) is 12.3 Å². The number of carbonyl (C=O) groups is 3. The van der Waals surface area contributed by atoms with Crippen molar-refractivity contribution in [1.82, 2.24) is 5.32 Å². The predicted molar refractivity (Wildman–Crippen MR) is 126 cm³/mol. The monoisotopic (exact) mass is 427 g/mol. The van der Waals surface area contributed by atoms with Crippen molar-refractivity contribution in [3.8, 4) is 0 Å². The van der Waals surface area contributed by atoms with Gasteiger partial charge in [0.25, 0.3) is 0 Å². The highest BCUT2D eigenvalue weighted by molar-refractivity contribution is 5.83. The first-order valence-electron chi connectivity index (χ1n) is 12.5. The molecule has 0 aliphatic heterocycles. The Morgan fingerprint density at radius 2 is 1.10 bits per heavy atom. The van der Waals surface area contributed by atoms with E-state index in [2.05, 4.69) is 19.2 Å². The van der Waals surface area contributed by atoms with E-state index in [0.29, 0.717) is 12.8 Å². The lowest BCUT2D eigenvalue weighted by molar-refractivity contribution is -0.141. The molecule has 1 amide bonds. The summed E-state index contributed by atoms with van der Waals surface area (Å²) in [7, 11) is 0. The molecule has 30 heavy (non-hydrogen) atoms. The van der Waals surface area contributed by atoms with Crippen LogP contribution in [0, 0.1) is 0 Å². The van der Waals surface area contributed by atoms with Crippen molar-refractivity contribution < 1.29 is 19.5 Å². The first-order valence-corrected chi connectivity index (χ1v) is 12.5. The number of amides is 1. The van der Waals surface area contributed by atoms with Crippen LogP contribution in [0.15, 0.2) is 0 Å². The van der Waals surface area contributed by atoms with Crippen molar-refractivity contribution in [1.29, 1.82) is 0 Å². The summed E-state index contributed by atoms with van der Waals surface area (Å²) < 4.78 is 0. The van der Waals surface area contributed by atoms with Gasteiger partial charge in [0.05, 0.1) is 0 Å². The highest BCUT2D eigenvalue weighted by Gasteiger charge is 2.16. The maximum absolute atomic E-state index is 11.7. The number of carboxylic acid groups (broad SMARTS) is 1. The Morgan fingerprint density at radius 1 is 0.733 bits per heavy atom. The quantitative estimate of drug-likeness (QED) is 0.165. The summed E-state index contributed by atoms with van der Waals surface area (Å²) in [6.45, 7) is 6.01. The minimum Gasteiger partial charge on any atom is -0.480 e. The third kappa shape index (κ3) is 24.6. The van der Waals surface area contributed by atoms with Crippen LogP contribution in [-0.4, -0.2) is 29.3 Å².